The maximum absolute atomic E-state index is 9.83. The highest BCUT2D eigenvalue weighted by Gasteiger charge is 2.24. The fourth-order valence-electron chi connectivity index (χ4n) is 2.85. The average Bonchev–Trinajstić information content (AvgIpc) is 3.08. The van der Waals surface area contributed by atoms with Crippen molar-refractivity contribution in [2.24, 2.45) is 4.99 Å². The van der Waals surface area contributed by atoms with Gasteiger partial charge in [0.25, 0.3) is 0 Å². The van der Waals surface area contributed by atoms with Crippen molar-refractivity contribution in [2.75, 3.05) is 39.8 Å². The van der Waals surface area contributed by atoms with E-state index in [9.17, 15) is 5.11 Å². The topological polar surface area (TPSA) is 39.1 Å². The maximum atomic E-state index is 9.83. The average molecular weight is 329 g/mol. The standard InChI is InChI=1S/C18H23N3OS/c1-20-8-10-21(11-9-20)16(18-7-4-12-23-18)14-19-13-15-5-2-3-6-17(15)22/h2-7,12-13,16,22H,8-11,14H2,1H3/t16-/m1/s1. The summed E-state index contributed by atoms with van der Waals surface area (Å²) in [4.78, 5) is 10.9. The summed E-state index contributed by atoms with van der Waals surface area (Å²) >= 11 is 1.80. The van der Waals surface area contributed by atoms with Crippen LogP contribution in [-0.2, 0) is 0 Å². The van der Waals surface area contributed by atoms with Gasteiger partial charge in [0.2, 0.25) is 0 Å². The van der Waals surface area contributed by atoms with Crippen LogP contribution >= 0.6 is 11.3 Å². The van der Waals surface area contributed by atoms with Gasteiger partial charge in [0.1, 0.15) is 5.75 Å². The summed E-state index contributed by atoms with van der Waals surface area (Å²) in [6.07, 6.45) is 1.78. The molecule has 0 radical (unpaired) electrons. The molecule has 23 heavy (non-hydrogen) atoms. The van der Waals surface area contributed by atoms with Crippen LogP contribution in [0.3, 0.4) is 0 Å². The van der Waals surface area contributed by atoms with E-state index >= 15 is 0 Å². The fourth-order valence-corrected chi connectivity index (χ4v) is 3.70. The summed E-state index contributed by atoms with van der Waals surface area (Å²) in [5, 5.41) is 12.0. The van der Waals surface area contributed by atoms with Crippen LogP contribution in [-0.4, -0.2) is 60.9 Å². The third-order valence-corrected chi connectivity index (χ3v) is 5.27. The Bertz CT molecular complexity index is 633. The molecule has 3 rings (SSSR count). The molecule has 1 aliphatic rings. The number of phenols is 1. The molecule has 1 aliphatic heterocycles. The number of thiophene rings is 1. The minimum atomic E-state index is 0.281. The molecule has 122 valence electrons. The number of rotatable bonds is 5. The van der Waals surface area contributed by atoms with E-state index < -0.39 is 0 Å². The molecule has 1 N–H and O–H groups in total. The predicted molar refractivity (Wildman–Crippen MR) is 96.7 cm³/mol. The summed E-state index contributed by atoms with van der Waals surface area (Å²) in [5.74, 6) is 0.281. The zero-order valence-corrected chi connectivity index (χ0v) is 14.2. The molecular formula is C18H23N3OS. The highest BCUT2D eigenvalue weighted by Crippen LogP contribution is 2.26. The number of hydrogen-bond acceptors (Lipinski definition) is 5. The molecule has 0 bridgehead atoms. The van der Waals surface area contributed by atoms with E-state index in [1.165, 1.54) is 4.88 Å². The van der Waals surface area contributed by atoms with E-state index in [4.69, 9.17) is 0 Å². The number of hydrogen-bond donors (Lipinski definition) is 1. The molecule has 1 aromatic carbocycles. The smallest absolute Gasteiger partial charge is 0.124 e. The number of para-hydroxylation sites is 1. The lowest BCUT2D eigenvalue weighted by molar-refractivity contribution is 0.116. The van der Waals surface area contributed by atoms with E-state index in [1.807, 2.05) is 18.2 Å². The SMILES string of the molecule is CN1CCN([C@H](CN=Cc2ccccc2O)c2cccs2)CC1. The lowest BCUT2D eigenvalue weighted by atomic mass is 10.1. The van der Waals surface area contributed by atoms with Crippen LogP contribution in [0.4, 0.5) is 0 Å². The van der Waals surface area contributed by atoms with Crippen LogP contribution in [0.2, 0.25) is 0 Å². The van der Waals surface area contributed by atoms with Gasteiger partial charge < -0.3 is 10.0 Å². The van der Waals surface area contributed by atoms with Crippen molar-refractivity contribution < 1.29 is 5.11 Å². The molecular weight excluding hydrogens is 306 g/mol. The van der Waals surface area contributed by atoms with Gasteiger partial charge in [0, 0.05) is 42.8 Å². The van der Waals surface area contributed by atoms with Crippen molar-refractivity contribution in [3.8, 4) is 5.75 Å². The van der Waals surface area contributed by atoms with Gasteiger partial charge in [-0.15, -0.1) is 11.3 Å². The van der Waals surface area contributed by atoms with Gasteiger partial charge in [-0.25, -0.2) is 0 Å². The number of aromatic hydroxyl groups is 1. The Morgan fingerprint density at radius 3 is 2.65 bits per heavy atom. The largest absolute Gasteiger partial charge is 0.507 e. The quantitative estimate of drug-likeness (QED) is 0.858. The van der Waals surface area contributed by atoms with Crippen LogP contribution < -0.4 is 0 Å². The summed E-state index contributed by atoms with van der Waals surface area (Å²) in [6, 6.07) is 11.9. The first-order valence-electron chi connectivity index (χ1n) is 7.98. The van der Waals surface area contributed by atoms with Gasteiger partial charge in [-0.3, -0.25) is 9.89 Å². The van der Waals surface area contributed by atoms with Gasteiger partial charge in [-0.05, 0) is 30.6 Å². The highest BCUT2D eigenvalue weighted by atomic mass is 32.1. The molecule has 1 aromatic heterocycles. The number of likely N-dealkylation sites (N-methyl/N-ethyl adjacent to an activating group) is 1. The molecule has 1 fully saturated rings. The molecule has 0 spiro atoms. The van der Waals surface area contributed by atoms with Crippen LogP contribution in [0.1, 0.15) is 16.5 Å². The van der Waals surface area contributed by atoms with Crippen molar-refractivity contribution >= 4 is 17.6 Å². The fraction of sp³-hybridized carbons (Fsp3) is 0.389. The van der Waals surface area contributed by atoms with Crippen molar-refractivity contribution in [3.63, 3.8) is 0 Å². The molecule has 0 amide bonds. The maximum Gasteiger partial charge on any atom is 0.124 e. The number of piperazine rings is 1. The van der Waals surface area contributed by atoms with Crippen LogP contribution in [0.5, 0.6) is 5.75 Å². The number of aliphatic imine (C=N–C) groups is 1. The second-order valence-electron chi connectivity index (χ2n) is 5.92. The Morgan fingerprint density at radius 1 is 1.17 bits per heavy atom. The Balaban J connectivity index is 1.71. The van der Waals surface area contributed by atoms with E-state index in [0.717, 1.165) is 38.3 Å². The lowest BCUT2D eigenvalue weighted by Gasteiger charge is -2.37. The van der Waals surface area contributed by atoms with Crippen molar-refractivity contribution in [1.82, 2.24) is 9.80 Å². The number of benzene rings is 1. The lowest BCUT2D eigenvalue weighted by Crippen LogP contribution is -2.46. The molecule has 5 heteroatoms. The number of phenolic OH excluding ortho intramolecular Hbond substituents is 1. The van der Waals surface area contributed by atoms with Crippen molar-refractivity contribution in [1.29, 1.82) is 0 Å². The third kappa shape index (κ3) is 4.19. The van der Waals surface area contributed by atoms with Gasteiger partial charge in [0.05, 0.1) is 12.6 Å². The van der Waals surface area contributed by atoms with E-state index in [1.54, 1.807) is 23.6 Å². The summed E-state index contributed by atoms with van der Waals surface area (Å²) < 4.78 is 0. The molecule has 0 unspecified atom stereocenters. The molecule has 1 saturated heterocycles. The molecule has 0 saturated carbocycles. The molecule has 4 nitrogen and oxygen atoms in total. The van der Waals surface area contributed by atoms with Gasteiger partial charge in [0.15, 0.2) is 0 Å². The normalized spacial score (nSPS) is 18.5. The van der Waals surface area contributed by atoms with Crippen LogP contribution in [0.25, 0.3) is 0 Å². The summed E-state index contributed by atoms with van der Waals surface area (Å²) in [6.45, 7) is 5.07. The Hall–Kier alpha value is -1.69. The first-order valence-corrected chi connectivity index (χ1v) is 8.86. The first kappa shape index (κ1) is 16.2. The van der Waals surface area contributed by atoms with Gasteiger partial charge in [-0.2, -0.15) is 0 Å². The van der Waals surface area contributed by atoms with Gasteiger partial charge >= 0.3 is 0 Å². The number of nitrogens with zero attached hydrogens (tertiary/aromatic N) is 3. The van der Waals surface area contributed by atoms with Crippen LogP contribution in [0.15, 0.2) is 46.8 Å². The van der Waals surface area contributed by atoms with E-state index in [0.29, 0.717) is 6.04 Å². The third-order valence-electron chi connectivity index (χ3n) is 4.30. The van der Waals surface area contributed by atoms with Crippen LogP contribution in [0, 0.1) is 0 Å². The molecule has 2 aromatic rings. The second kappa shape index (κ2) is 7.73. The zero-order chi connectivity index (χ0) is 16.1. The Kier molecular flexibility index (Phi) is 5.43. The molecule has 0 aliphatic carbocycles. The van der Waals surface area contributed by atoms with Gasteiger partial charge in [-0.1, -0.05) is 18.2 Å². The second-order valence-corrected chi connectivity index (χ2v) is 6.90. The monoisotopic (exact) mass is 329 g/mol. The van der Waals surface area contributed by atoms with E-state index in [2.05, 4.69) is 39.4 Å². The van der Waals surface area contributed by atoms with E-state index in [-0.39, 0.29) is 5.75 Å². The first-order chi connectivity index (χ1) is 11.2. The Morgan fingerprint density at radius 2 is 1.96 bits per heavy atom. The molecule has 2 heterocycles. The van der Waals surface area contributed by atoms with Crippen molar-refractivity contribution in [3.05, 3.63) is 52.2 Å². The minimum absolute atomic E-state index is 0.281. The van der Waals surface area contributed by atoms with Crippen molar-refractivity contribution in [2.45, 2.75) is 6.04 Å². The highest BCUT2D eigenvalue weighted by molar-refractivity contribution is 7.10. The zero-order valence-electron chi connectivity index (χ0n) is 13.4. The Labute approximate surface area is 141 Å². The predicted octanol–water partition coefficient (Wildman–Crippen LogP) is 2.86. The molecule has 1 atom stereocenters. The minimum Gasteiger partial charge on any atom is -0.507 e. The summed E-state index contributed by atoms with van der Waals surface area (Å²) in [7, 11) is 2.17. The summed E-state index contributed by atoms with van der Waals surface area (Å²) in [5.41, 5.74) is 0.774.